The second kappa shape index (κ2) is 5.47. The van der Waals surface area contributed by atoms with Crippen LogP contribution in [0.25, 0.3) is 0 Å². The summed E-state index contributed by atoms with van der Waals surface area (Å²) in [5, 5.41) is 18.0. The molecule has 2 N–H and O–H groups in total. The number of halogens is 1. The summed E-state index contributed by atoms with van der Waals surface area (Å²) >= 11 is 5.81. The highest BCUT2D eigenvalue weighted by Crippen LogP contribution is 2.27. The molecule has 1 aliphatic carbocycles. The number of benzene rings is 1. The molecule has 19 heavy (non-hydrogen) atoms. The van der Waals surface area contributed by atoms with Crippen molar-refractivity contribution in [2.24, 2.45) is 5.92 Å². The summed E-state index contributed by atoms with van der Waals surface area (Å²) in [5.41, 5.74) is 0.239. The van der Waals surface area contributed by atoms with Gasteiger partial charge in [-0.15, -0.1) is 0 Å². The van der Waals surface area contributed by atoms with Crippen molar-refractivity contribution in [3.05, 3.63) is 28.8 Å². The van der Waals surface area contributed by atoms with Crippen molar-refractivity contribution < 1.29 is 13.5 Å². The quantitative estimate of drug-likeness (QED) is 0.876. The first-order valence-corrected chi connectivity index (χ1v) is 7.66. The van der Waals surface area contributed by atoms with Crippen LogP contribution in [0.4, 0.5) is 0 Å². The lowest BCUT2D eigenvalue weighted by molar-refractivity contribution is 0.0453. The fourth-order valence-electron chi connectivity index (χ4n) is 1.93. The maximum absolute atomic E-state index is 12.0. The molecular formula is C12H13ClN2O3S. The molecule has 0 unspecified atom stereocenters. The summed E-state index contributed by atoms with van der Waals surface area (Å²) in [5.74, 6) is 0.179. The van der Waals surface area contributed by atoms with Crippen LogP contribution in [0.2, 0.25) is 5.02 Å². The average Bonchev–Trinajstić information content (AvgIpc) is 2.33. The van der Waals surface area contributed by atoms with E-state index in [0.717, 1.165) is 0 Å². The summed E-state index contributed by atoms with van der Waals surface area (Å²) in [4.78, 5) is 0.0383. The first-order chi connectivity index (χ1) is 8.92. The van der Waals surface area contributed by atoms with E-state index in [0.29, 0.717) is 19.4 Å². The molecule has 0 saturated heterocycles. The van der Waals surface area contributed by atoms with Crippen molar-refractivity contribution in [2.45, 2.75) is 23.8 Å². The van der Waals surface area contributed by atoms with Gasteiger partial charge in [-0.3, -0.25) is 0 Å². The van der Waals surface area contributed by atoms with Crippen LogP contribution < -0.4 is 4.72 Å². The zero-order valence-electron chi connectivity index (χ0n) is 10.0. The molecule has 0 heterocycles. The Morgan fingerprint density at radius 1 is 1.47 bits per heavy atom. The van der Waals surface area contributed by atoms with Crippen molar-refractivity contribution in [3.8, 4) is 6.07 Å². The number of sulfonamides is 1. The minimum absolute atomic E-state index is 0.0383. The topological polar surface area (TPSA) is 90.2 Å². The van der Waals surface area contributed by atoms with Gasteiger partial charge >= 0.3 is 0 Å². The Kier molecular flexibility index (Phi) is 4.11. The number of nitrogens with one attached hydrogen (secondary N) is 1. The van der Waals surface area contributed by atoms with Crippen LogP contribution in [0, 0.1) is 17.2 Å². The fourth-order valence-corrected chi connectivity index (χ4v) is 3.36. The van der Waals surface area contributed by atoms with Gasteiger partial charge in [0.25, 0.3) is 0 Å². The van der Waals surface area contributed by atoms with E-state index in [-0.39, 0.29) is 27.5 Å². The van der Waals surface area contributed by atoms with Gasteiger partial charge in [0.05, 0.1) is 21.6 Å². The molecule has 0 atom stereocenters. The number of aliphatic hydroxyl groups is 1. The number of aliphatic hydroxyl groups excluding tert-OH is 1. The van der Waals surface area contributed by atoms with Gasteiger partial charge in [0, 0.05) is 6.54 Å². The predicted molar refractivity (Wildman–Crippen MR) is 70.1 cm³/mol. The Morgan fingerprint density at radius 2 is 2.16 bits per heavy atom. The first-order valence-electron chi connectivity index (χ1n) is 5.80. The Balaban J connectivity index is 2.07. The Bertz CT molecular complexity index is 618. The lowest BCUT2D eigenvalue weighted by Crippen LogP contribution is -2.38. The molecule has 1 fully saturated rings. The number of rotatable bonds is 4. The van der Waals surface area contributed by atoms with Gasteiger partial charge < -0.3 is 5.11 Å². The standard InChI is InChI=1S/C12H13ClN2O3S/c13-12-5-11(2-1-9(12)6-14)19(17,18)15-7-8-3-10(16)4-8/h1-2,5,8,10,15-16H,3-4,7H2. The van der Waals surface area contributed by atoms with E-state index in [1.807, 2.05) is 6.07 Å². The fraction of sp³-hybridized carbons (Fsp3) is 0.417. The molecule has 2 rings (SSSR count). The van der Waals surface area contributed by atoms with Crippen LogP contribution >= 0.6 is 11.6 Å². The zero-order valence-corrected chi connectivity index (χ0v) is 11.6. The van der Waals surface area contributed by atoms with E-state index in [1.54, 1.807) is 0 Å². The van der Waals surface area contributed by atoms with Gasteiger partial charge in [-0.2, -0.15) is 5.26 Å². The van der Waals surface area contributed by atoms with Gasteiger partial charge in [-0.05, 0) is 37.0 Å². The van der Waals surface area contributed by atoms with Gasteiger partial charge in [0.15, 0.2) is 0 Å². The van der Waals surface area contributed by atoms with Crippen molar-refractivity contribution >= 4 is 21.6 Å². The maximum Gasteiger partial charge on any atom is 0.240 e. The van der Waals surface area contributed by atoms with E-state index < -0.39 is 10.0 Å². The van der Waals surface area contributed by atoms with Crippen LogP contribution in [0.1, 0.15) is 18.4 Å². The number of nitrogens with zero attached hydrogens (tertiary/aromatic N) is 1. The Hall–Kier alpha value is -1.13. The lowest BCUT2D eigenvalue weighted by atomic mass is 9.83. The molecule has 0 spiro atoms. The van der Waals surface area contributed by atoms with Gasteiger partial charge in [-0.25, -0.2) is 13.1 Å². The zero-order chi connectivity index (χ0) is 14.0. The number of hydrogen-bond donors (Lipinski definition) is 2. The van der Waals surface area contributed by atoms with Crippen LogP contribution in [0.15, 0.2) is 23.1 Å². The second-order valence-electron chi connectivity index (χ2n) is 4.60. The van der Waals surface area contributed by atoms with Crippen LogP contribution in [0.3, 0.4) is 0 Å². The normalized spacial score (nSPS) is 22.6. The molecule has 0 radical (unpaired) electrons. The number of hydrogen-bond acceptors (Lipinski definition) is 4. The minimum Gasteiger partial charge on any atom is -0.393 e. The third kappa shape index (κ3) is 3.25. The molecule has 0 amide bonds. The van der Waals surface area contributed by atoms with E-state index in [1.165, 1.54) is 18.2 Å². The summed E-state index contributed by atoms with van der Waals surface area (Å²) in [6.07, 6.45) is 0.937. The molecule has 0 bridgehead atoms. The third-order valence-electron chi connectivity index (χ3n) is 3.14. The van der Waals surface area contributed by atoms with E-state index in [2.05, 4.69) is 4.72 Å². The van der Waals surface area contributed by atoms with Crippen molar-refractivity contribution in [1.82, 2.24) is 4.72 Å². The molecule has 1 aromatic carbocycles. The molecule has 1 aliphatic rings. The van der Waals surface area contributed by atoms with E-state index in [4.69, 9.17) is 22.0 Å². The predicted octanol–water partition coefficient (Wildman–Crippen LogP) is 1.26. The Labute approximate surface area is 116 Å². The van der Waals surface area contributed by atoms with E-state index in [9.17, 15) is 8.42 Å². The molecule has 7 heteroatoms. The molecule has 102 valence electrons. The monoisotopic (exact) mass is 300 g/mol. The lowest BCUT2D eigenvalue weighted by Gasteiger charge is -2.31. The molecule has 5 nitrogen and oxygen atoms in total. The minimum atomic E-state index is -3.62. The molecule has 0 aromatic heterocycles. The summed E-state index contributed by atoms with van der Waals surface area (Å²) in [6.45, 7) is 0.303. The molecule has 0 aliphatic heterocycles. The van der Waals surface area contributed by atoms with Gasteiger partial charge in [0.1, 0.15) is 6.07 Å². The summed E-state index contributed by atoms with van der Waals surface area (Å²) in [6, 6.07) is 5.86. The van der Waals surface area contributed by atoms with Gasteiger partial charge in [0.2, 0.25) is 10.0 Å². The second-order valence-corrected chi connectivity index (χ2v) is 6.77. The molecular weight excluding hydrogens is 288 g/mol. The molecule has 1 saturated carbocycles. The van der Waals surface area contributed by atoms with E-state index >= 15 is 0 Å². The van der Waals surface area contributed by atoms with Crippen LogP contribution in [-0.4, -0.2) is 26.2 Å². The van der Waals surface area contributed by atoms with Crippen LogP contribution in [-0.2, 0) is 10.0 Å². The Morgan fingerprint density at radius 3 is 2.68 bits per heavy atom. The number of nitriles is 1. The average molecular weight is 301 g/mol. The van der Waals surface area contributed by atoms with Crippen molar-refractivity contribution in [3.63, 3.8) is 0 Å². The highest BCUT2D eigenvalue weighted by atomic mass is 35.5. The smallest absolute Gasteiger partial charge is 0.240 e. The summed E-state index contributed by atoms with van der Waals surface area (Å²) < 4.78 is 26.5. The maximum atomic E-state index is 12.0. The first kappa shape index (κ1) is 14.3. The SMILES string of the molecule is N#Cc1ccc(S(=O)(=O)NCC2CC(O)C2)cc1Cl. The van der Waals surface area contributed by atoms with Gasteiger partial charge in [-0.1, -0.05) is 11.6 Å². The highest BCUT2D eigenvalue weighted by molar-refractivity contribution is 7.89. The van der Waals surface area contributed by atoms with Crippen molar-refractivity contribution in [1.29, 1.82) is 5.26 Å². The molecule has 1 aromatic rings. The summed E-state index contributed by atoms with van der Waals surface area (Å²) in [7, 11) is -3.62. The highest BCUT2D eigenvalue weighted by Gasteiger charge is 2.28. The van der Waals surface area contributed by atoms with Crippen molar-refractivity contribution in [2.75, 3.05) is 6.54 Å². The third-order valence-corrected chi connectivity index (χ3v) is 4.88. The van der Waals surface area contributed by atoms with Crippen LogP contribution in [0.5, 0.6) is 0 Å². The largest absolute Gasteiger partial charge is 0.393 e.